The molecule has 2 aliphatic rings. The number of hydrogen-bond acceptors (Lipinski definition) is 4. The van der Waals surface area contributed by atoms with E-state index in [4.69, 9.17) is 9.47 Å². The molecule has 0 spiro atoms. The van der Waals surface area contributed by atoms with Gasteiger partial charge in [0.05, 0.1) is 12.6 Å². The number of ether oxygens (including phenoxy) is 2. The first-order valence-electron chi connectivity index (χ1n) is 10.5. The van der Waals surface area contributed by atoms with Crippen LogP contribution in [-0.2, 0) is 4.79 Å². The molecule has 1 fully saturated rings. The Morgan fingerprint density at radius 2 is 1.90 bits per heavy atom. The van der Waals surface area contributed by atoms with E-state index in [0.29, 0.717) is 19.8 Å². The van der Waals surface area contributed by atoms with Crippen LogP contribution in [0.5, 0.6) is 11.5 Å². The summed E-state index contributed by atoms with van der Waals surface area (Å²) in [6.45, 7) is 8.79. The van der Waals surface area contributed by atoms with E-state index < -0.39 is 0 Å². The van der Waals surface area contributed by atoms with Crippen LogP contribution in [0.4, 0.5) is 0 Å². The molecule has 0 radical (unpaired) electrons. The van der Waals surface area contributed by atoms with Gasteiger partial charge in [0.15, 0.2) is 11.5 Å². The molecule has 2 aliphatic heterocycles. The van der Waals surface area contributed by atoms with Gasteiger partial charge >= 0.3 is 0 Å². The number of carbonyl (C=O) groups excluding carboxylic acids is 1. The van der Waals surface area contributed by atoms with E-state index in [9.17, 15) is 4.79 Å². The first kappa shape index (κ1) is 19.8. The molecule has 0 bridgehead atoms. The average Bonchev–Trinajstić information content (AvgIpc) is 3.17. The van der Waals surface area contributed by atoms with Crippen molar-refractivity contribution in [3.8, 4) is 11.5 Å². The monoisotopic (exact) mass is 394 g/mol. The van der Waals surface area contributed by atoms with E-state index >= 15 is 0 Å². The van der Waals surface area contributed by atoms with E-state index in [1.165, 1.54) is 16.7 Å². The summed E-state index contributed by atoms with van der Waals surface area (Å²) in [5.41, 5.74) is 4.86. The normalized spacial score (nSPS) is 19.8. The quantitative estimate of drug-likeness (QED) is 0.830. The minimum Gasteiger partial charge on any atom is -0.486 e. The van der Waals surface area contributed by atoms with Crippen LogP contribution < -0.4 is 14.8 Å². The number of nitrogens with one attached hydrogen (secondary N) is 1. The highest BCUT2D eigenvalue weighted by Gasteiger charge is 2.29. The predicted molar refractivity (Wildman–Crippen MR) is 113 cm³/mol. The van der Waals surface area contributed by atoms with Crippen LogP contribution in [0.1, 0.15) is 54.1 Å². The lowest BCUT2D eigenvalue weighted by Crippen LogP contribution is -2.38. The Hall–Kier alpha value is -2.53. The summed E-state index contributed by atoms with van der Waals surface area (Å²) in [6.07, 6.45) is 2.15. The first-order chi connectivity index (χ1) is 14.0. The molecular formula is C24H30N2O3. The van der Waals surface area contributed by atoms with Gasteiger partial charge in [0, 0.05) is 6.04 Å². The maximum absolute atomic E-state index is 12.7. The third-order valence-electron chi connectivity index (χ3n) is 6.07. The fraction of sp³-hybridized carbons (Fsp3) is 0.458. The van der Waals surface area contributed by atoms with Crippen molar-refractivity contribution in [1.82, 2.24) is 10.2 Å². The number of nitrogens with zero attached hydrogens (tertiary/aromatic N) is 1. The molecule has 29 heavy (non-hydrogen) atoms. The molecule has 0 saturated carbocycles. The summed E-state index contributed by atoms with van der Waals surface area (Å²) in [4.78, 5) is 15.0. The molecule has 4 rings (SSSR count). The van der Waals surface area contributed by atoms with E-state index in [2.05, 4.69) is 54.4 Å². The summed E-state index contributed by atoms with van der Waals surface area (Å²) in [5.74, 6) is 1.69. The smallest absolute Gasteiger partial charge is 0.234 e. The van der Waals surface area contributed by atoms with Crippen molar-refractivity contribution < 1.29 is 14.3 Å². The summed E-state index contributed by atoms with van der Waals surface area (Å²) in [5, 5.41) is 3.17. The van der Waals surface area contributed by atoms with Gasteiger partial charge in [-0.15, -0.1) is 0 Å². The average molecular weight is 395 g/mol. The molecule has 1 saturated heterocycles. The van der Waals surface area contributed by atoms with E-state index in [1.54, 1.807) is 0 Å². The minimum absolute atomic E-state index is 0.00264. The number of carbonyl (C=O) groups is 1. The van der Waals surface area contributed by atoms with Crippen LogP contribution in [0.25, 0.3) is 0 Å². The third kappa shape index (κ3) is 4.40. The molecule has 1 N–H and O–H groups in total. The van der Waals surface area contributed by atoms with Gasteiger partial charge in [0.1, 0.15) is 13.2 Å². The third-order valence-corrected chi connectivity index (χ3v) is 6.07. The lowest BCUT2D eigenvalue weighted by Gasteiger charge is -2.27. The highest BCUT2D eigenvalue weighted by molar-refractivity contribution is 5.78. The molecule has 5 nitrogen and oxygen atoms in total. The Morgan fingerprint density at radius 3 is 2.69 bits per heavy atom. The van der Waals surface area contributed by atoms with Crippen molar-refractivity contribution in [1.29, 1.82) is 0 Å². The molecule has 2 unspecified atom stereocenters. The van der Waals surface area contributed by atoms with E-state index in [-0.39, 0.29) is 18.0 Å². The molecule has 2 aromatic rings. The molecule has 1 amide bonds. The fourth-order valence-electron chi connectivity index (χ4n) is 4.25. The van der Waals surface area contributed by atoms with Gasteiger partial charge in [-0.05, 0) is 74.5 Å². The van der Waals surface area contributed by atoms with Crippen molar-refractivity contribution in [2.24, 2.45) is 0 Å². The van der Waals surface area contributed by atoms with Gasteiger partial charge in [0.2, 0.25) is 5.91 Å². The summed E-state index contributed by atoms with van der Waals surface area (Å²) >= 11 is 0. The highest BCUT2D eigenvalue weighted by atomic mass is 16.6. The number of fused-ring (bicyclic) bond motifs is 1. The van der Waals surface area contributed by atoms with Crippen molar-refractivity contribution >= 4 is 5.91 Å². The SMILES string of the molecule is Cc1ccc(C(C)NC(=O)CN2CCCC2c2ccc3c(c2)OCCO3)cc1C. The van der Waals surface area contributed by atoms with Crippen LogP contribution in [0.15, 0.2) is 36.4 Å². The highest BCUT2D eigenvalue weighted by Crippen LogP contribution is 2.37. The van der Waals surface area contributed by atoms with E-state index in [0.717, 1.165) is 36.4 Å². The van der Waals surface area contributed by atoms with Gasteiger partial charge in [0.25, 0.3) is 0 Å². The number of benzene rings is 2. The molecular weight excluding hydrogens is 364 g/mol. The number of hydrogen-bond donors (Lipinski definition) is 1. The second-order valence-corrected chi connectivity index (χ2v) is 8.16. The van der Waals surface area contributed by atoms with Gasteiger partial charge < -0.3 is 14.8 Å². The van der Waals surface area contributed by atoms with Crippen molar-refractivity contribution in [3.05, 3.63) is 58.7 Å². The van der Waals surface area contributed by atoms with Crippen LogP contribution >= 0.6 is 0 Å². The van der Waals surface area contributed by atoms with Gasteiger partial charge in [-0.1, -0.05) is 24.3 Å². The van der Waals surface area contributed by atoms with E-state index in [1.807, 2.05) is 13.0 Å². The Balaban J connectivity index is 1.40. The number of aryl methyl sites for hydroxylation is 2. The van der Waals surface area contributed by atoms with Crippen molar-refractivity contribution in [2.45, 2.75) is 45.7 Å². The number of amides is 1. The second kappa shape index (κ2) is 8.46. The van der Waals surface area contributed by atoms with Gasteiger partial charge in [-0.25, -0.2) is 0 Å². The zero-order valence-electron chi connectivity index (χ0n) is 17.5. The zero-order chi connectivity index (χ0) is 20.4. The lowest BCUT2D eigenvalue weighted by atomic mass is 10.0. The van der Waals surface area contributed by atoms with Crippen LogP contribution in [-0.4, -0.2) is 37.1 Å². The summed E-state index contributed by atoms with van der Waals surface area (Å²) in [7, 11) is 0. The Bertz CT molecular complexity index is 896. The molecule has 154 valence electrons. The minimum atomic E-state index is -0.00264. The molecule has 2 heterocycles. The molecule has 0 aliphatic carbocycles. The fourth-order valence-corrected chi connectivity index (χ4v) is 4.25. The second-order valence-electron chi connectivity index (χ2n) is 8.16. The van der Waals surface area contributed by atoms with Gasteiger partial charge in [-0.2, -0.15) is 0 Å². The maximum atomic E-state index is 12.7. The van der Waals surface area contributed by atoms with Crippen molar-refractivity contribution in [3.63, 3.8) is 0 Å². The van der Waals surface area contributed by atoms with Gasteiger partial charge in [-0.3, -0.25) is 9.69 Å². The molecule has 2 aromatic carbocycles. The Kier molecular flexibility index (Phi) is 5.76. The largest absolute Gasteiger partial charge is 0.486 e. The Morgan fingerprint density at radius 1 is 1.10 bits per heavy atom. The zero-order valence-corrected chi connectivity index (χ0v) is 17.5. The summed E-state index contributed by atoms with van der Waals surface area (Å²) < 4.78 is 11.4. The lowest BCUT2D eigenvalue weighted by molar-refractivity contribution is -0.123. The Labute approximate surface area is 173 Å². The number of rotatable bonds is 5. The topological polar surface area (TPSA) is 50.8 Å². The predicted octanol–water partition coefficient (Wildman–Crippen LogP) is 4.09. The maximum Gasteiger partial charge on any atom is 0.234 e. The molecule has 5 heteroatoms. The van der Waals surface area contributed by atoms with Crippen LogP contribution in [0.3, 0.4) is 0 Å². The van der Waals surface area contributed by atoms with Crippen molar-refractivity contribution in [2.75, 3.05) is 26.3 Å². The first-order valence-corrected chi connectivity index (χ1v) is 10.5. The standard InChI is InChI=1S/C24H30N2O3/c1-16-6-7-19(13-17(16)2)18(3)25-24(27)15-26-10-4-5-21(26)20-8-9-22-23(14-20)29-12-11-28-22/h6-9,13-14,18,21H,4-5,10-12,15H2,1-3H3,(H,25,27). The molecule has 0 aromatic heterocycles. The van der Waals surface area contributed by atoms with Crippen LogP contribution in [0.2, 0.25) is 0 Å². The number of likely N-dealkylation sites (tertiary alicyclic amines) is 1. The van der Waals surface area contributed by atoms with Crippen LogP contribution in [0, 0.1) is 13.8 Å². The summed E-state index contributed by atoms with van der Waals surface area (Å²) in [6, 6.07) is 12.8. The molecule has 2 atom stereocenters.